The van der Waals surface area contributed by atoms with Crippen molar-refractivity contribution in [2.45, 2.75) is 26.3 Å². The summed E-state index contributed by atoms with van der Waals surface area (Å²) in [7, 11) is 0. The Morgan fingerprint density at radius 1 is 1.24 bits per heavy atom. The van der Waals surface area contributed by atoms with Gasteiger partial charge in [-0.2, -0.15) is 0 Å². The van der Waals surface area contributed by atoms with E-state index in [4.69, 9.17) is 11.6 Å². The van der Waals surface area contributed by atoms with Crippen LogP contribution in [0.2, 0.25) is 5.02 Å². The molecule has 1 aromatic heterocycles. The molecule has 2 rings (SSSR count). The zero-order valence-electron chi connectivity index (χ0n) is 11.6. The molecule has 0 aliphatic carbocycles. The molecule has 1 nitrogen and oxygen atoms in total. The zero-order valence-corrected chi connectivity index (χ0v) is 14.8. The van der Waals surface area contributed by atoms with Crippen molar-refractivity contribution in [3.8, 4) is 0 Å². The van der Waals surface area contributed by atoms with Crippen LogP contribution in [0, 0.1) is 18.6 Å². The molecule has 0 saturated carbocycles. The highest BCUT2D eigenvalue weighted by molar-refractivity contribution is 9.11. The van der Waals surface area contributed by atoms with Gasteiger partial charge in [-0.05, 0) is 59.6 Å². The van der Waals surface area contributed by atoms with Crippen LogP contribution in [0.15, 0.2) is 22.0 Å². The van der Waals surface area contributed by atoms with Crippen LogP contribution in [-0.2, 0) is 0 Å². The van der Waals surface area contributed by atoms with E-state index in [9.17, 15) is 8.78 Å². The molecule has 0 radical (unpaired) electrons. The van der Waals surface area contributed by atoms with Crippen molar-refractivity contribution in [3.05, 3.63) is 54.6 Å². The van der Waals surface area contributed by atoms with Gasteiger partial charge in [0.1, 0.15) is 11.6 Å². The Bertz CT molecular complexity index is 645. The van der Waals surface area contributed by atoms with E-state index in [1.807, 2.05) is 19.9 Å². The zero-order chi connectivity index (χ0) is 15.6. The maximum Gasteiger partial charge on any atom is 0.142 e. The van der Waals surface area contributed by atoms with Crippen molar-refractivity contribution in [2.75, 3.05) is 6.54 Å². The molecule has 0 aliphatic rings. The van der Waals surface area contributed by atoms with Crippen LogP contribution in [0.1, 0.15) is 35.4 Å². The molecule has 1 atom stereocenters. The van der Waals surface area contributed by atoms with Gasteiger partial charge in [-0.1, -0.05) is 18.5 Å². The van der Waals surface area contributed by atoms with Crippen LogP contribution in [0.25, 0.3) is 0 Å². The summed E-state index contributed by atoms with van der Waals surface area (Å²) in [5.41, 5.74) is 1.22. The Labute approximate surface area is 140 Å². The first kappa shape index (κ1) is 16.9. The largest absolute Gasteiger partial charge is 0.306 e. The van der Waals surface area contributed by atoms with Gasteiger partial charge in [0, 0.05) is 10.4 Å². The van der Waals surface area contributed by atoms with Crippen LogP contribution in [0.4, 0.5) is 8.78 Å². The lowest BCUT2D eigenvalue weighted by molar-refractivity contribution is 0.535. The van der Waals surface area contributed by atoms with E-state index < -0.39 is 11.6 Å². The molecule has 0 amide bonds. The minimum absolute atomic E-state index is 0.200. The molecular weight excluding hydrogens is 380 g/mol. The number of thiophene rings is 1. The van der Waals surface area contributed by atoms with Gasteiger partial charge in [0.25, 0.3) is 0 Å². The standard InChI is InChI=1S/C15H15BrClF2NS/c1-3-4-20-15(9-6-14(16)21-8(9)2)10-5-13(19)11(17)7-12(10)18/h5-7,15,20H,3-4H2,1-2H3. The predicted molar refractivity (Wildman–Crippen MR) is 88.3 cm³/mol. The fourth-order valence-corrected chi connectivity index (χ4v) is 4.08. The fourth-order valence-electron chi connectivity index (χ4n) is 2.18. The molecule has 0 spiro atoms. The van der Waals surface area contributed by atoms with Crippen LogP contribution < -0.4 is 5.32 Å². The maximum absolute atomic E-state index is 14.2. The van der Waals surface area contributed by atoms with Crippen molar-refractivity contribution in [2.24, 2.45) is 0 Å². The van der Waals surface area contributed by atoms with Crippen molar-refractivity contribution in [3.63, 3.8) is 0 Å². The highest BCUT2D eigenvalue weighted by atomic mass is 79.9. The summed E-state index contributed by atoms with van der Waals surface area (Å²) in [5.74, 6) is -1.11. The van der Waals surface area contributed by atoms with Crippen LogP contribution in [-0.4, -0.2) is 6.54 Å². The van der Waals surface area contributed by atoms with Crippen molar-refractivity contribution in [1.82, 2.24) is 5.32 Å². The number of hydrogen-bond acceptors (Lipinski definition) is 2. The molecule has 21 heavy (non-hydrogen) atoms. The van der Waals surface area contributed by atoms with Gasteiger partial charge in [0.15, 0.2) is 0 Å². The SMILES string of the molecule is CCCNC(c1cc(F)c(Cl)cc1F)c1cc(Br)sc1C. The highest BCUT2D eigenvalue weighted by Gasteiger charge is 2.22. The van der Waals surface area contributed by atoms with Gasteiger partial charge in [-0.25, -0.2) is 8.78 Å². The first-order valence-electron chi connectivity index (χ1n) is 6.57. The number of halogens is 4. The van der Waals surface area contributed by atoms with Crippen LogP contribution in [0.5, 0.6) is 0 Å². The molecule has 0 aliphatic heterocycles. The second-order valence-corrected chi connectivity index (χ2v) is 7.78. The lowest BCUT2D eigenvalue weighted by atomic mass is 9.98. The number of rotatable bonds is 5. The summed E-state index contributed by atoms with van der Waals surface area (Å²) < 4.78 is 28.9. The Morgan fingerprint density at radius 2 is 1.95 bits per heavy atom. The number of hydrogen-bond donors (Lipinski definition) is 1. The normalized spacial score (nSPS) is 12.7. The minimum atomic E-state index is -0.608. The van der Waals surface area contributed by atoms with Gasteiger partial charge >= 0.3 is 0 Å². The minimum Gasteiger partial charge on any atom is -0.306 e. The molecule has 0 saturated heterocycles. The number of nitrogens with one attached hydrogen (secondary N) is 1. The molecule has 0 fully saturated rings. The van der Waals surface area contributed by atoms with Gasteiger partial charge in [0.05, 0.1) is 14.9 Å². The molecule has 1 aromatic carbocycles. The first-order valence-corrected chi connectivity index (χ1v) is 8.56. The van der Waals surface area contributed by atoms with Crippen molar-refractivity contribution < 1.29 is 8.78 Å². The van der Waals surface area contributed by atoms with Crippen molar-refractivity contribution >= 4 is 38.9 Å². The van der Waals surface area contributed by atoms with Crippen molar-refractivity contribution in [1.29, 1.82) is 0 Å². The second-order valence-electron chi connectivity index (χ2n) is 4.74. The topological polar surface area (TPSA) is 12.0 Å². The monoisotopic (exact) mass is 393 g/mol. The molecule has 1 unspecified atom stereocenters. The number of aryl methyl sites for hydroxylation is 1. The molecule has 1 N–H and O–H groups in total. The fraction of sp³-hybridized carbons (Fsp3) is 0.333. The molecular formula is C15H15BrClF2NS. The highest BCUT2D eigenvalue weighted by Crippen LogP contribution is 2.35. The summed E-state index contributed by atoms with van der Waals surface area (Å²) in [5, 5.41) is 3.08. The summed E-state index contributed by atoms with van der Waals surface area (Å²) in [6.07, 6.45) is 0.901. The summed E-state index contributed by atoms with van der Waals surface area (Å²) in [6, 6.07) is 3.76. The third kappa shape index (κ3) is 3.83. The molecule has 114 valence electrons. The Kier molecular flexibility index (Phi) is 5.77. The van der Waals surface area contributed by atoms with E-state index in [1.54, 1.807) is 11.3 Å². The average Bonchev–Trinajstić information content (AvgIpc) is 2.75. The summed E-state index contributed by atoms with van der Waals surface area (Å²) in [6.45, 7) is 4.70. The van der Waals surface area contributed by atoms with Crippen LogP contribution in [0.3, 0.4) is 0 Å². The van der Waals surface area contributed by atoms with E-state index in [0.717, 1.165) is 26.7 Å². The molecule has 6 heteroatoms. The smallest absolute Gasteiger partial charge is 0.142 e. The third-order valence-corrected chi connectivity index (χ3v) is 5.05. The predicted octanol–water partition coefficient (Wildman–Crippen LogP) is 5.84. The lowest BCUT2D eigenvalue weighted by Gasteiger charge is -2.20. The molecule has 1 heterocycles. The second kappa shape index (κ2) is 7.18. The van der Waals surface area contributed by atoms with Gasteiger partial charge in [-0.15, -0.1) is 11.3 Å². The molecule has 0 bridgehead atoms. The van der Waals surface area contributed by atoms with E-state index in [-0.39, 0.29) is 16.6 Å². The van der Waals surface area contributed by atoms with Gasteiger partial charge < -0.3 is 5.32 Å². The van der Waals surface area contributed by atoms with E-state index in [2.05, 4.69) is 21.2 Å². The lowest BCUT2D eigenvalue weighted by Crippen LogP contribution is -2.24. The van der Waals surface area contributed by atoms with E-state index >= 15 is 0 Å². The van der Waals surface area contributed by atoms with Crippen LogP contribution >= 0.6 is 38.9 Å². The molecule has 2 aromatic rings. The van der Waals surface area contributed by atoms with E-state index in [0.29, 0.717) is 6.54 Å². The third-order valence-electron chi connectivity index (χ3n) is 3.19. The quantitative estimate of drug-likeness (QED) is 0.628. The maximum atomic E-state index is 14.2. The number of benzene rings is 1. The Morgan fingerprint density at radius 3 is 2.52 bits per heavy atom. The Hall–Kier alpha value is -0.490. The Balaban J connectivity index is 2.50. The van der Waals surface area contributed by atoms with E-state index in [1.165, 1.54) is 6.07 Å². The first-order chi connectivity index (χ1) is 9.93. The average molecular weight is 395 g/mol. The summed E-state index contributed by atoms with van der Waals surface area (Å²) >= 11 is 10.6. The van der Waals surface area contributed by atoms with Gasteiger partial charge in [0.2, 0.25) is 0 Å². The van der Waals surface area contributed by atoms with Gasteiger partial charge in [-0.3, -0.25) is 0 Å². The summed E-state index contributed by atoms with van der Waals surface area (Å²) in [4.78, 5) is 1.06.